The topological polar surface area (TPSA) is 91.3 Å². The van der Waals surface area contributed by atoms with Crippen molar-refractivity contribution in [2.75, 3.05) is 54.1 Å². The summed E-state index contributed by atoms with van der Waals surface area (Å²) >= 11 is 0. The van der Waals surface area contributed by atoms with Crippen molar-refractivity contribution in [2.24, 2.45) is 0 Å². The molecule has 0 heterocycles. The second-order valence-corrected chi connectivity index (χ2v) is 22.8. The summed E-state index contributed by atoms with van der Waals surface area (Å²) in [4.78, 5) is 23.1. The van der Waals surface area contributed by atoms with Crippen LogP contribution in [0, 0.1) is 0 Å². The summed E-state index contributed by atoms with van der Waals surface area (Å²) in [5, 5.41) is 0. The number of ether oxygens (including phenoxy) is 2. The highest BCUT2D eigenvalue weighted by molar-refractivity contribution is 7.47. The predicted octanol–water partition coefficient (Wildman–Crippen LogP) is 19.2. The molecule has 0 aromatic carbocycles. The van der Waals surface area contributed by atoms with E-state index in [1.54, 1.807) is 0 Å². The number of phosphoric acid groups is 1. The Morgan fingerprint density at radius 3 is 1.24 bits per heavy atom. The van der Waals surface area contributed by atoms with Crippen LogP contribution in [0.4, 0.5) is 0 Å². The first-order chi connectivity index (χ1) is 34.6. The number of quaternary nitrogens is 1. The van der Waals surface area contributed by atoms with Gasteiger partial charge in [-0.25, -0.2) is 4.57 Å². The lowest BCUT2D eigenvalue weighted by Gasteiger charge is -2.24. The van der Waals surface area contributed by atoms with Crippen LogP contribution in [0.15, 0.2) is 60.8 Å². The highest BCUT2D eigenvalue weighted by atomic mass is 31.2. The third kappa shape index (κ3) is 59.0. The Kier molecular flexibility index (Phi) is 53.1. The van der Waals surface area contributed by atoms with Crippen LogP contribution in [0.5, 0.6) is 0 Å². The lowest BCUT2D eigenvalue weighted by molar-refractivity contribution is -0.870. The van der Waals surface area contributed by atoms with Crippen LogP contribution in [0.1, 0.15) is 271 Å². The maximum Gasteiger partial charge on any atom is 0.472 e. The van der Waals surface area contributed by atoms with E-state index < -0.39 is 13.9 Å². The van der Waals surface area contributed by atoms with Gasteiger partial charge in [-0.05, 0) is 77.0 Å². The molecule has 0 aromatic heterocycles. The van der Waals surface area contributed by atoms with E-state index in [-0.39, 0.29) is 25.8 Å². The molecule has 0 fully saturated rings. The van der Waals surface area contributed by atoms with E-state index >= 15 is 0 Å². The van der Waals surface area contributed by atoms with Gasteiger partial charge in [-0.1, -0.05) is 248 Å². The van der Waals surface area contributed by atoms with Gasteiger partial charge in [0.15, 0.2) is 0 Å². The first-order valence-corrected chi connectivity index (χ1v) is 31.5. The highest BCUT2D eigenvalue weighted by Crippen LogP contribution is 2.43. The summed E-state index contributed by atoms with van der Waals surface area (Å²) in [5.41, 5.74) is 0. The molecule has 0 saturated carbocycles. The number of carbonyl (C=O) groups is 1. The summed E-state index contributed by atoms with van der Waals surface area (Å²) in [5.74, 6) is -0.312. The Labute approximate surface area is 440 Å². The van der Waals surface area contributed by atoms with Crippen LogP contribution in [0.3, 0.4) is 0 Å². The van der Waals surface area contributed by atoms with Crippen molar-refractivity contribution in [2.45, 2.75) is 277 Å². The fourth-order valence-corrected chi connectivity index (χ4v) is 9.22. The van der Waals surface area contributed by atoms with Gasteiger partial charge in [0, 0.05) is 13.0 Å². The Morgan fingerprint density at radius 2 is 0.817 bits per heavy atom. The van der Waals surface area contributed by atoms with E-state index in [2.05, 4.69) is 74.6 Å². The third-order valence-electron chi connectivity index (χ3n) is 13.1. The zero-order valence-electron chi connectivity index (χ0n) is 47.5. The minimum atomic E-state index is -4.29. The van der Waals surface area contributed by atoms with E-state index in [4.69, 9.17) is 18.5 Å². The molecule has 0 aromatic rings. The summed E-state index contributed by atoms with van der Waals surface area (Å²) in [6.45, 7) is 5.55. The van der Waals surface area contributed by atoms with Crippen molar-refractivity contribution in [1.29, 1.82) is 0 Å². The number of phosphoric ester groups is 1. The fourth-order valence-electron chi connectivity index (χ4n) is 8.48. The monoisotopic (exact) mass is 1020 g/mol. The number of unbranched alkanes of at least 4 members (excludes halogenated alkanes) is 32. The van der Waals surface area contributed by atoms with Gasteiger partial charge in [-0.3, -0.25) is 13.8 Å². The van der Waals surface area contributed by atoms with Gasteiger partial charge in [0.25, 0.3) is 0 Å². The number of nitrogens with zero attached hydrogens (tertiary/aromatic N) is 1. The van der Waals surface area contributed by atoms with E-state index in [0.29, 0.717) is 24.1 Å². The second kappa shape index (κ2) is 54.5. The SMILES string of the molecule is CC/C=C\C/C=C\C/C=C\C/C=C\CCCCCCCCCCCCCCCOCC(COP(=O)(O)OCC[N+](C)(C)C)OC(=O)CCCCCCCCCCCCC/C=C\CCCCCCCCCC. The molecule has 0 rings (SSSR count). The van der Waals surface area contributed by atoms with Gasteiger partial charge in [0.2, 0.25) is 0 Å². The molecule has 8 nitrogen and oxygen atoms in total. The largest absolute Gasteiger partial charge is 0.472 e. The van der Waals surface area contributed by atoms with Gasteiger partial charge in [-0.15, -0.1) is 0 Å². The van der Waals surface area contributed by atoms with Crippen molar-refractivity contribution in [3.05, 3.63) is 60.8 Å². The highest BCUT2D eigenvalue weighted by Gasteiger charge is 2.26. The van der Waals surface area contributed by atoms with Gasteiger partial charge < -0.3 is 18.9 Å². The van der Waals surface area contributed by atoms with Gasteiger partial charge >= 0.3 is 13.8 Å². The second-order valence-electron chi connectivity index (χ2n) is 21.3. The van der Waals surface area contributed by atoms with Crippen LogP contribution < -0.4 is 0 Å². The number of esters is 1. The first-order valence-electron chi connectivity index (χ1n) is 30.0. The molecular weight excluding hydrogens is 902 g/mol. The van der Waals surface area contributed by atoms with Crippen molar-refractivity contribution in [1.82, 2.24) is 0 Å². The molecule has 416 valence electrons. The Hall–Kier alpha value is -1.80. The van der Waals surface area contributed by atoms with Gasteiger partial charge in [0.05, 0.1) is 34.4 Å². The maximum absolute atomic E-state index is 12.8. The molecule has 9 heteroatoms. The molecule has 0 spiro atoms. The predicted molar refractivity (Wildman–Crippen MR) is 307 cm³/mol. The summed E-state index contributed by atoms with van der Waals surface area (Å²) in [6, 6.07) is 0. The molecule has 2 atom stereocenters. The normalized spacial score (nSPS) is 13.8. The van der Waals surface area contributed by atoms with Crippen LogP contribution in [-0.2, 0) is 27.9 Å². The fraction of sp³-hybridized carbons (Fsp3) is 0.823. The van der Waals surface area contributed by atoms with Crippen LogP contribution in [0.2, 0.25) is 0 Å². The first kappa shape index (κ1) is 69.2. The molecule has 2 unspecified atom stereocenters. The van der Waals surface area contributed by atoms with E-state index in [0.717, 1.165) is 57.8 Å². The molecule has 0 aliphatic rings. The number of hydrogen-bond donors (Lipinski definition) is 1. The minimum absolute atomic E-state index is 0.0877. The van der Waals surface area contributed by atoms with Crippen LogP contribution in [-0.4, -0.2) is 75.6 Å². The van der Waals surface area contributed by atoms with E-state index in [1.807, 2.05) is 21.1 Å². The average Bonchev–Trinajstić information content (AvgIpc) is 3.33. The standard InChI is InChI=1S/C62H116NO7P/c1-6-8-10-12-14-16-18-20-22-24-26-28-30-31-32-34-36-38-40-42-44-46-48-50-52-54-57-67-59-61(60-69-71(65,66)68-58-56-63(3,4)5)70-62(64)55-53-51-49-47-45-43-41-39-37-35-33-29-27-25-23-21-19-17-15-13-11-9-7-2/h8,10,14,16,20,22,25-28,61H,6-7,9,11-13,15,17-19,21,23-24,29-60H2,1-5H3/p+1/b10-8-,16-14-,22-20-,27-25-,28-26-. The molecule has 1 N–H and O–H groups in total. The molecule has 71 heavy (non-hydrogen) atoms. The quantitative estimate of drug-likeness (QED) is 0.0213. The minimum Gasteiger partial charge on any atom is -0.457 e. The lowest BCUT2D eigenvalue weighted by Crippen LogP contribution is -2.37. The lowest BCUT2D eigenvalue weighted by atomic mass is 10.0. The smallest absolute Gasteiger partial charge is 0.457 e. The molecule has 0 amide bonds. The summed E-state index contributed by atoms with van der Waals surface area (Å²) in [6.07, 6.45) is 71.5. The Bertz CT molecular complexity index is 1320. The number of hydrogen-bond acceptors (Lipinski definition) is 6. The van der Waals surface area contributed by atoms with Crippen molar-refractivity contribution in [3.8, 4) is 0 Å². The maximum atomic E-state index is 12.8. The van der Waals surface area contributed by atoms with Crippen LogP contribution >= 0.6 is 7.82 Å². The van der Waals surface area contributed by atoms with Crippen molar-refractivity contribution in [3.63, 3.8) is 0 Å². The van der Waals surface area contributed by atoms with Crippen molar-refractivity contribution >= 4 is 13.8 Å². The van der Waals surface area contributed by atoms with Gasteiger partial charge in [0.1, 0.15) is 19.3 Å². The van der Waals surface area contributed by atoms with E-state index in [9.17, 15) is 14.3 Å². The number of rotatable bonds is 56. The zero-order chi connectivity index (χ0) is 51.9. The molecule has 0 bridgehead atoms. The number of carbonyl (C=O) groups excluding carboxylic acids is 1. The number of likely N-dealkylation sites (N-methyl/N-ethyl adjacent to an activating group) is 1. The Morgan fingerprint density at radius 1 is 0.451 bits per heavy atom. The van der Waals surface area contributed by atoms with Crippen molar-refractivity contribution < 1.29 is 37.3 Å². The molecular formula is C62H117NO7P+. The third-order valence-corrected chi connectivity index (χ3v) is 14.0. The summed E-state index contributed by atoms with van der Waals surface area (Å²) in [7, 11) is 1.67. The molecule has 0 saturated heterocycles. The Balaban J connectivity index is 4.04. The van der Waals surface area contributed by atoms with Gasteiger partial charge in [-0.2, -0.15) is 0 Å². The van der Waals surface area contributed by atoms with Crippen LogP contribution in [0.25, 0.3) is 0 Å². The molecule has 0 aliphatic heterocycles. The summed E-state index contributed by atoms with van der Waals surface area (Å²) < 4.78 is 35.3. The number of allylic oxidation sites excluding steroid dienone is 10. The average molecular weight is 1020 g/mol. The molecule has 0 aliphatic carbocycles. The zero-order valence-corrected chi connectivity index (χ0v) is 48.4. The van der Waals surface area contributed by atoms with E-state index in [1.165, 1.54) is 193 Å². The molecule has 0 radical (unpaired) electrons.